The summed E-state index contributed by atoms with van der Waals surface area (Å²) in [6.45, 7) is 6.53. The minimum Gasteiger partial charge on any atom is -0.508 e. The fourth-order valence-corrected chi connectivity index (χ4v) is 3.75. The summed E-state index contributed by atoms with van der Waals surface area (Å²) in [5, 5.41) is 9.51. The predicted octanol–water partition coefficient (Wildman–Crippen LogP) is 7.54. The first-order valence-corrected chi connectivity index (χ1v) is 11.5. The van der Waals surface area contributed by atoms with Crippen LogP contribution in [0.1, 0.15) is 96.1 Å². The van der Waals surface area contributed by atoms with E-state index in [0.29, 0.717) is 12.2 Å². The van der Waals surface area contributed by atoms with Gasteiger partial charge in [-0.15, -0.1) is 0 Å². The molecule has 2 rings (SSSR count). The second kappa shape index (κ2) is 12.4. The van der Waals surface area contributed by atoms with Crippen LogP contribution in [0.15, 0.2) is 48.5 Å². The van der Waals surface area contributed by atoms with Gasteiger partial charge in [-0.25, -0.2) is 0 Å². The van der Waals surface area contributed by atoms with Crippen molar-refractivity contribution in [3.63, 3.8) is 0 Å². The minimum atomic E-state index is -0.202. The van der Waals surface area contributed by atoms with Gasteiger partial charge in [-0.1, -0.05) is 96.4 Å². The molecule has 0 amide bonds. The van der Waals surface area contributed by atoms with E-state index in [1.165, 1.54) is 44.9 Å². The normalized spacial score (nSPS) is 11.4. The van der Waals surface area contributed by atoms with E-state index in [1.54, 1.807) is 12.1 Å². The Kier molecular flexibility index (Phi) is 9.93. The van der Waals surface area contributed by atoms with E-state index in [2.05, 4.69) is 20.8 Å². The average molecular weight is 411 g/mol. The number of phenolic OH excluding ortho intramolecular Hbond substituents is 1. The monoisotopic (exact) mass is 410 g/mol. The molecule has 0 aromatic heterocycles. The Labute approximate surface area is 182 Å². The largest absolute Gasteiger partial charge is 0.508 e. The molecule has 0 unspecified atom stereocenters. The number of unbranched alkanes of at least 4 members (excludes halogenated alkanes) is 8. The van der Waals surface area contributed by atoms with E-state index >= 15 is 0 Å². The maximum absolute atomic E-state index is 12.1. The number of phenols is 1. The molecule has 0 radical (unpaired) electrons. The molecular weight excluding hydrogens is 372 g/mol. The third-order valence-electron chi connectivity index (χ3n) is 5.88. The lowest BCUT2D eigenvalue weighted by molar-refractivity contribution is -0.134. The van der Waals surface area contributed by atoms with Gasteiger partial charge in [-0.3, -0.25) is 4.79 Å². The van der Waals surface area contributed by atoms with E-state index in [0.717, 1.165) is 24.0 Å². The van der Waals surface area contributed by atoms with Crippen LogP contribution in [0.4, 0.5) is 0 Å². The van der Waals surface area contributed by atoms with Gasteiger partial charge in [-0.2, -0.15) is 0 Å². The van der Waals surface area contributed by atoms with E-state index in [1.807, 2.05) is 36.4 Å². The Morgan fingerprint density at radius 2 is 1.23 bits per heavy atom. The number of rotatable bonds is 13. The van der Waals surface area contributed by atoms with Gasteiger partial charge < -0.3 is 9.84 Å². The molecule has 0 saturated heterocycles. The number of hydrogen-bond acceptors (Lipinski definition) is 3. The number of hydrogen-bond donors (Lipinski definition) is 1. The summed E-state index contributed by atoms with van der Waals surface area (Å²) in [7, 11) is 0. The van der Waals surface area contributed by atoms with Gasteiger partial charge in [0.15, 0.2) is 0 Å². The number of carbonyl (C=O) groups excluding carboxylic acids is 1. The molecule has 0 aliphatic heterocycles. The lowest BCUT2D eigenvalue weighted by Crippen LogP contribution is -2.18. The second-order valence-electron chi connectivity index (χ2n) is 8.75. The van der Waals surface area contributed by atoms with Crippen molar-refractivity contribution in [1.82, 2.24) is 0 Å². The molecule has 0 bridgehead atoms. The van der Waals surface area contributed by atoms with Crippen molar-refractivity contribution in [3.05, 3.63) is 59.7 Å². The highest BCUT2D eigenvalue weighted by Crippen LogP contribution is 2.33. The summed E-state index contributed by atoms with van der Waals surface area (Å²) in [6, 6.07) is 15.0. The molecule has 3 heteroatoms. The second-order valence-corrected chi connectivity index (χ2v) is 8.75. The number of carbonyl (C=O) groups is 1. The Morgan fingerprint density at radius 3 is 1.77 bits per heavy atom. The van der Waals surface area contributed by atoms with Crippen LogP contribution in [-0.4, -0.2) is 11.1 Å². The highest BCUT2D eigenvalue weighted by atomic mass is 16.5. The van der Waals surface area contributed by atoms with Crippen LogP contribution in [0, 0.1) is 0 Å². The standard InChI is InChI=1S/C27H38O3/c1-4-5-6-7-8-9-10-11-12-13-26(29)30-25-20-16-23(17-21-25)27(2,3)22-14-18-24(28)19-15-22/h14-21,28H,4-13H2,1-3H3. The predicted molar refractivity (Wildman–Crippen MR) is 124 cm³/mol. The highest BCUT2D eigenvalue weighted by Gasteiger charge is 2.23. The fourth-order valence-electron chi connectivity index (χ4n) is 3.75. The van der Waals surface area contributed by atoms with Gasteiger partial charge in [0.2, 0.25) is 0 Å². The quantitative estimate of drug-likeness (QED) is 0.211. The number of aromatic hydroxyl groups is 1. The van der Waals surface area contributed by atoms with Crippen molar-refractivity contribution in [2.24, 2.45) is 0 Å². The van der Waals surface area contributed by atoms with E-state index < -0.39 is 0 Å². The molecule has 164 valence electrons. The fraction of sp³-hybridized carbons (Fsp3) is 0.519. The van der Waals surface area contributed by atoms with Crippen molar-refractivity contribution in [1.29, 1.82) is 0 Å². The Hall–Kier alpha value is -2.29. The number of esters is 1. The molecular formula is C27H38O3. The summed E-state index contributed by atoms with van der Waals surface area (Å²) in [5.74, 6) is 0.716. The molecule has 0 aliphatic carbocycles. The lowest BCUT2D eigenvalue weighted by atomic mass is 9.78. The zero-order chi connectivity index (χ0) is 21.8. The molecule has 3 nitrogen and oxygen atoms in total. The summed E-state index contributed by atoms with van der Waals surface area (Å²) in [4.78, 5) is 12.1. The number of ether oxygens (including phenoxy) is 1. The van der Waals surface area contributed by atoms with Crippen molar-refractivity contribution in [2.45, 2.75) is 90.4 Å². The van der Waals surface area contributed by atoms with Crippen LogP contribution in [0.2, 0.25) is 0 Å². The Bertz CT molecular complexity index is 745. The molecule has 0 aliphatic rings. The topological polar surface area (TPSA) is 46.5 Å². The molecule has 0 fully saturated rings. The van der Waals surface area contributed by atoms with Crippen LogP contribution in [0.3, 0.4) is 0 Å². The first-order chi connectivity index (χ1) is 14.4. The Balaban J connectivity index is 1.72. The molecule has 1 N–H and O–H groups in total. The van der Waals surface area contributed by atoms with Gasteiger partial charge in [0.05, 0.1) is 0 Å². The van der Waals surface area contributed by atoms with Crippen LogP contribution in [0.5, 0.6) is 11.5 Å². The SMILES string of the molecule is CCCCCCCCCCCC(=O)Oc1ccc(C(C)(C)c2ccc(O)cc2)cc1. The van der Waals surface area contributed by atoms with Crippen molar-refractivity contribution in [3.8, 4) is 11.5 Å². The maximum Gasteiger partial charge on any atom is 0.311 e. The van der Waals surface area contributed by atoms with Crippen LogP contribution >= 0.6 is 0 Å². The molecule has 0 heterocycles. The van der Waals surface area contributed by atoms with E-state index in [-0.39, 0.29) is 17.1 Å². The van der Waals surface area contributed by atoms with Gasteiger partial charge in [0.1, 0.15) is 11.5 Å². The van der Waals surface area contributed by atoms with Gasteiger partial charge in [0, 0.05) is 11.8 Å². The lowest BCUT2D eigenvalue weighted by Gasteiger charge is -2.26. The van der Waals surface area contributed by atoms with Crippen LogP contribution in [-0.2, 0) is 10.2 Å². The van der Waals surface area contributed by atoms with E-state index in [9.17, 15) is 9.90 Å². The summed E-state index contributed by atoms with van der Waals surface area (Å²) in [5.41, 5.74) is 2.05. The zero-order valence-electron chi connectivity index (χ0n) is 19.0. The third kappa shape index (κ3) is 7.85. The average Bonchev–Trinajstić information content (AvgIpc) is 2.73. The number of benzene rings is 2. The maximum atomic E-state index is 12.1. The molecule has 0 spiro atoms. The first-order valence-electron chi connectivity index (χ1n) is 11.5. The van der Waals surface area contributed by atoms with Crippen molar-refractivity contribution < 1.29 is 14.6 Å². The smallest absolute Gasteiger partial charge is 0.311 e. The van der Waals surface area contributed by atoms with E-state index in [4.69, 9.17) is 4.74 Å². The summed E-state index contributed by atoms with van der Waals surface area (Å²) in [6.07, 6.45) is 11.6. The Morgan fingerprint density at radius 1 is 0.767 bits per heavy atom. The molecule has 0 atom stereocenters. The molecule has 2 aromatic rings. The molecule has 0 saturated carbocycles. The van der Waals surface area contributed by atoms with Gasteiger partial charge >= 0.3 is 5.97 Å². The van der Waals surface area contributed by atoms with Crippen LogP contribution in [0.25, 0.3) is 0 Å². The molecule has 2 aromatic carbocycles. The molecule has 30 heavy (non-hydrogen) atoms. The summed E-state index contributed by atoms with van der Waals surface area (Å²) >= 11 is 0. The van der Waals surface area contributed by atoms with Crippen LogP contribution < -0.4 is 4.74 Å². The van der Waals surface area contributed by atoms with Crippen molar-refractivity contribution in [2.75, 3.05) is 0 Å². The third-order valence-corrected chi connectivity index (χ3v) is 5.88. The minimum absolute atomic E-state index is 0.150. The first kappa shape index (κ1) is 24.0. The van der Waals surface area contributed by atoms with Gasteiger partial charge in [0.25, 0.3) is 0 Å². The van der Waals surface area contributed by atoms with Crippen molar-refractivity contribution >= 4 is 5.97 Å². The summed E-state index contributed by atoms with van der Waals surface area (Å²) < 4.78 is 5.50. The highest BCUT2D eigenvalue weighted by molar-refractivity contribution is 5.72. The zero-order valence-corrected chi connectivity index (χ0v) is 19.0. The van der Waals surface area contributed by atoms with Gasteiger partial charge in [-0.05, 0) is 41.8 Å².